The van der Waals surface area contributed by atoms with Crippen molar-refractivity contribution in [2.75, 3.05) is 0 Å². The number of fused-ring (bicyclic) bond motifs is 1. The van der Waals surface area contributed by atoms with E-state index >= 15 is 0 Å². The maximum absolute atomic E-state index is 12.2. The average molecular weight is 389 g/mol. The molecule has 1 aliphatic rings. The molecule has 2 N–H and O–H groups in total. The lowest BCUT2D eigenvalue weighted by Crippen LogP contribution is -2.19. The molecule has 7 heteroatoms. The molecule has 0 aliphatic carbocycles. The summed E-state index contributed by atoms with van der Waals surface area (Å²) in [5.41, 5.74) is 2.91. The first kappa shape index (κ1) is 17.9. The molecule has 28 heavy (non-hydrogen) atoms. The van der Waals surface area contributed by atoms with Gasteiger partial charge in [0.2, 0.25) is 0 Å². The molecule has 2 heterocycles. The number of thioether (sulfide) groups is 1. The number of amidine groups is 1. The van der Waals surface area contributed by atoms with Gasteiger partial charge in [-0.15, -0.1) is 0 Å². The summed E-state index contributed by atoms with van der Waals surface area (Å²) in [7, 11) is 0. The highest BCUT2D eigenvalue weighted by atomic mass is 32.2. The van der Waals surface area contributed by atoms with Crippen LogP contribution in [0.4, 0.5) is 5.69 Å². The number of nitrogens with zero attached hydrogens (tertiary/aromatic N) is 2. The number of carbonyl (C=O) groups is 2. The SMILES string of the molecule is O=C(O)Cc1ccc(N=C2NC(=O)/C(=C\c3ccc4ccccc4n3)S2)cc1. The highest BCUT2D eigenvalue weighted by Gasteiger charge is 2.24. The van der Waals surface area contributed by atoms with E-state index in [9.17, 15) is 9.59 Å². The van der Waals surface area contributed by atoms with Gasteiger partial charge in [-0.2, -0.15) is 0 Å². The molecule has 0 unspecified atom stereocenters. The molecule has 2 aromatic carbocycles. The van der Waals surface area contributed by atoms with Crippen molar-refractivity contribution in [1.29, 1.82) is 0 Å². The standard InChI is InChI=1S/C21H15N3O3S/c25-19(26)11-13-5-8-15(9-6-13)23-21-24-20(27)18(28-21)12-16-10-7-14-3-1-2-4-17(14)22-16/h1-10,12H,11H2,(H,25,26)(H,23,24,27)/b18-12+. The first-order valence-electron chi connectivity index (χ1n) is 8.53. The van der Waals surface area contributed by atoms with Crippen LogP contribution >= 0.6 is 11.8 Å². The molecule has 0 bridgehead atoms. The van der Waals surface area contributed by atoms with E-state index in [0.717, 1.165) is 10.9 Å². The van der Waals surface area contributed by atoms with Crippen molar-refractivity contribution >= 4 is 51.5 Å². The number of para-hydroxylation sites is 1. The average Bonchev–Trinajstić information content (AvgIpc) is 3.02. The first-order valence-corrected chi connectivity index (χ1v) is 9.34. The van der Waals surface area contributed by atoms with Crippen LogP contribution < -0.4 is 5.32 Å². The molecule has 0 saturated carbocycles. The lowest BCUT2D eigenvalue weighted by Gasteiger charge is -1.99. The Morgan fingerprint density at radius 1 is 1.11 bits per heavy atom. The van der Waals surface area contributed by atoms with Crippen LogP contribution in [0.1, 0.15) is 11.3 Å². The molecule has 6 nitrogen and oxygen atoms in total. The number of carboxylic acids is 1. The number of rotatable bonds is 4. The predicted molar refractivity (Wildman–Crippen MR) is 110 cm³/mol. The quantitative estimate of drug-likeness (QED) is 0.663. The number of aliphatic imine (C=N–C) groups is 1. The van der Waals surface area contributed by atoms with Gasteiger partial charge in [0.05, 0.1) is 28.2 Å². The number of pyridine rings is 1. The van der Waals surface area contributed by atoms with Crippen LogP contribution in [0.3, 0.4) is 0 Å². The molecular formula is C21H15N3O3S. The molecule has 138 valence electrons. The fourth-order valence-corrected chi connectivity index (χ4v) is 3.58. The number of hydrogen-bond donors (Lipinski definition) is 2. The molecule has 4 rings (SSSR count). The zero-order chi connectivity index (χ0) is 19.5. The topological polar surface area (TPSA) is 91.6 Å². The number of aliphatic carboxylic acids is 1. The fourth-order valence-electron chi connectivity index (χ4n) is 2.76. The van der Waals surface area contributed by atoms with Gasteiger partial charge in [-0.1, -0.05) is 36.4 Å². The third kappa shape index (κ3) is 4.10. The number of carboxylic acid groups (broad SMARTS) is 1. The lowest BCUT2D eigenvalue weighted by molar-refractivity contribution is -0.136. The summed E-state index contributed by atoms with van der Waals surface area (Å²) in [4.78, 5) is 32.5. The largest absolute Gasteiger partial charge is 0.481 e. The summed E-state index contributed by atoms with van der Waals surface area (Å²) >= 11 is 1.25. The highest BCUT2D eigenvalue weighted by molar-refractivity contribution is 8.18. The second-order valence-corrected chi connectivity index (χ2v) is 7.18. The normalized spacial score (nSPS) is 16.6. The van der Waals surface area contributed by atoms with Crippen molar-refractivity contribution in [3.05, 3.63) is 76.8 Å². The van der Waals surface area contributed by atoms with Crippen LogP contribution in [-0.4, -0.2) is 27.1 Å². The van der Waals surface area contributed by atoms with Gasteiger partial charge in [-0.25, -0.2) is 9.98 Å². The van der Waals surface area contributed by atoms with Crippen molar-refractivity contribution in [2.24, 2.45) is 4.99 Å². The van der Waals surface area contributed by atoms with E-state index in [1.807, 2.05) is 36.4 Å². The molecule has 1 aliphatic heterocycles. The van der Waals surface area contributed by atoms with Crippen LogP contribution in [-0.2, 0) is 16.0 Å². The van der Waals surface area contributed by atoms with Crippen molar-refractivity contribution in [3.8, 4) is 0 Å². The van der Waals surface area contributed by atoms with Gasteiger partial charge in [0.15, 0.2) is 5.17 Å². The van der Waals surface area contributed by atoms with E-state index in [1.165, 1.54) is 11.8 Å². The van der Waals surface area contributed by atoms with E-state index in [4.69, 9.17) is 5.11 Å². The van der Waals surface area contributed by atoms with Crippen LogP contribution in [0, 0.1) is 0 Å². The summed E-state index contributed by atoms with van der Waals surface area (Å²) in [5, 5.41) is 13.1. The van der Waals surface area contributed by atoms with E-state index in [1.54, 1.807) is 30.3 Å². The minimum atomic E-state index is -0.880. The molecule has 1 amide bonds. The summed E-state index contributed by atoms with van der Waals surface area (Å²) in [6.45, 7) is 0. The highest BCUT2D eigenvalue weighted by Crippen LogP contribution is 2.28. The van der Waals surface area contributed by atoms with Crippen LogP contribution in [0.25, 0.3) is 17.0 Å². The molecule has 1 saturated heterocycles. The zero-order valence-corrected chi connectivity index (χ0v) is 15.4. The molecule has 0 radical (unpaired) electrons. The number of amides is 1. The second kappa shape index (κ2) is 7.66. The number of aromatic nitrogens is 1. The van der Waals surface area contributed by atoms with Gasteiger partial charge in [0.1, 0.15) is 0 Å². The maximum Gasteiger partial charge on any atom is 0.307 e. The van der Waals surface area contributed by atoms with Crippen molar-refractivity contribution < 1.29 is 14.7 Å². The smallest absolute Gasteiger partial charge is 0.307 e. The molecule has 1 fully saturated rings. The molecular weight excluding hydrogens is 374 g/mol. The van der Waals surface area contributed by atoms with Crippen LogP contribution in [0.15, 0.2) is 70.6 Å². The van der Waals surface area contributed by atoms with Gasteiger partial charge in [0, 0.05) is 5.39 Å². The Balaban J connectivity index is 1.53. The van der Waals surface area contributed by atoms with Crippen molar-refractivity contribution in [3.63, 3.8) is 0 Å². The fraction of sp³-hybridized carbons (Fsp3) is 0.0476. The van der Waals surface area contributed by atoms with Crippen LogP contribution in [0.2, 0.25) is 0 Å². The van der Waals surface area contributed by atoms with Crippen molar-refractivity contribution in [1.82, 2.24) is 10.3 Å². The Morgan fingerprint density at radius 2 is 1.89 bits per heavy atom. The Kier molecular flexibility index (Phi) is 4.90. The van der Waals surface area contributed by atoms with Crippen molar-refractivity contribution in [2.45, 2.75) is 6.42 Å². The predicted octanol–water partition coefficient (Wildman–Crippen LogP) is 3.75. The first-order chi connectivity index (χ1) is 13.6. The van der Waals surface area contributed by atoms with E-state index in [0.29, 0.717) is 27.0 Å². The summed E-state index contributed by atoms with van der Waals surface area (Å²) in [5.74, 6) is -1.10. The third-order valence-electron chi connectivity index (χ3n) is 4.07. The minimum Gasteiger partial charge on any atom is -0.481 e. The number of benzene rings is 2. The van der Waals surface area contributed by atoms with E-state index in [2.05, 4.69) is 15.3 Å². The molecule has 3 aromatic rings. The molecule has 1 aromatic heterocycles. The van der Waals surface area contributed by atoms with Gasteiger partial charge >= 0.3 is 5.97 Å². The van der Waals surface area contributed by atoms with Gasteiger partial charge in [-0.3, -0.25) is 9.59 Å². The van der Waals surface area contributed by atoms with Crippen LogP contribution in [0.5, 0.6) is 0 Å². The van der Waals surface area contributed by atoms with E-state index < -0.39 is 5.97 Å². The Labute approximate surface area is 165 Å². The Morgan fingerprint density at radius 3 is 2.68 bits per heavy atom. The van der Waals surface area contributed by atoms with Gasteiger partial charge in [0.25, 0.3) is 5.91 Å². The number of carbonyl (C=O) groups excluding carboxylic acids is 1. The number of hydrogen-bond acceptors (Lipinski definition) is 5. The Bertz CT molecular complexity index is 1140. The molecule has 0 spiro atoms. The maximum atomic E-state index is 12.2. The monoisotopic (exact) mass is 389 g/mol. The van der Waals surface area contributed by atoms with E-state index in [-0.39, 0.29) is 12.3 Å². The zero-order valence-electron chi connectivity index (χ0n) is 14.6. The summed E-state index contributed by atoms with van der Waals surface area (Å²) in [6.07, 6.45) is 1.71. The summed E-state index contributed by atoms with van der Waals surface area (Å²) < 4.78 is 0. The Hall–Kier alpha value is -3.45. The van der Waals surface area contributed by atoms with Gasteiger partial charge < -0.3 is 10.4 Å². The number of nitrogens with one attached hydrogen (secondary N) is 1. The second-order valence-electron chi connectivity index (χ2n) is 6.15. The van der Waals surface area contributed by atoms with Gasteiger partial charge in [-0.05, 0) is 47.7 Å². The summed E-state index contributed by atoms with van der Waals surface area (Å²) in [6, 6.07) is 18.5. The lowest BCUT2D eigenvalue weighted by atomic mass is 10.1. The third-order valence-corrected chi connectivity index (χ3v) is 4.98. The minimum absolute atomic E-state index is 0.0337. The molecule has 0 atom stereocenters.